The fourth-order valence-electron chi connectivity index (χ4n) is 2.14. The zero-order chi connectivity index (χ0) is 13.9. The second kappa shape index (κ2) is 5.13. The predicted molar refractivity (Wildman–Crippen MR) is 72.0 cm³/mol. The van der Waals surface area contributed by atoms with E-state index in [0.717, 1.165) is 11.9 Å². The number of hydrogen-bond donors (Lipinski definition) is 0. The van der Waals surface area contributed by atoms with Crippen molar-refractivity contribution in [2.75, 3.05) is 0 Å². The van der Waals surface area contributed by atoms with Gasteiger partial charge in [-0.15, -0.1) is 5.10 Å². The van der Waals surface area contributed by atoms with Crippen LogP contribution < -0.4 is 5.11 Å². The Morgan fingerprint density at radius 3 is 2.70 bits per heavy atom. The van der Waals surface area contributed by atoms with Crippen LogP contribution in [0.1, 0.15) is 15.9 Å². The lowest BCUT2D eigenvalue weighted by Gasteiger charge is -2.04. The van der Waals surface area contributed by atoms with Crippen LogP contribution in [0.15, 0.2) is 48.5 Å². The Labute approximate surface area is 115 Å². The Bertz CT molecular complexity index is 750. The molecule has 5 heteroatoms. The van der Waals surface area contributed by atoms with Crippen molar-refractivity contribution in [2.45, 2.75) is 13.0 Å². The van der Waals surface area contributed by atoms with Gasteiger partial charge >= 0.3 is 0 Å². The number of nitrogens with zero attached hydrogens (tertiary/aromatic N) is 3. The van der Waals surface area contributed by atoms with Crippen molar-refractivity contribution in [3.63, 3.8) is 0 Å². The predicted octanol–water partition coefficient (Wildman–Crippen LogP) is 1.04. The van der Waals surface area contributed by atoms with E-state index in [2.05, 4.69) is 22.4 Å². The monoisotopic (exact) mass is 266 g/mol. The van der Waals surface area contributed by atoms with Crippen LogP contribution in [0, 0.1) is 0 Å². The number of carboxylic acid groups (broad SMARTS) is 1. The highest BCUT2D eigenvalue weighted by atomic mass is 16.4. The maximum absolute atomic E-state index is 10.8. The summed E-state index contributed by atoms with van der Waals surface area (Å²) in [4.78, 5) is 10.8. The lowest BCUT2D eigenvalue weighted by Crippen LogP contribution is -2.22. The summed E-state index contributed by atoms with van der Waals surface area (Å²) in [6.45, 7) is 0.700. The van der Waals surface area contributed by atoms with Crippen LogP contribution in [0.2, 0.25) is 0 Å². The van der Waals surface area contributed by atoms with Crippen LogP contribution in [0.4, 0.5) is 0 Å². The largest absolute Gasteiger partial charge is 0.545 e. The topological polar surface area (TPSA) is 70.8 Å². The number of carbonyl (C=O) groups is 1. The zero-order valence-electron chi connectivity index (χ0n) is 10.7. The summed E-state index contributed by atoms with van der Waals surface area (Å²) in [7, 11) is 0. The van der Waals surface area contributed by atoms with Crippen molar-refractivity contribution < 1.29 is 9.90 Å². The Morgan fingerprint density at radius 2 is 1.95 bits per heavy atom. The second-order valence-electron chi connectivity index (χ2n) is 4.54. The Balaban J connectivity index is 1.84. The maximum Gasteiger partial charge on any atom is 0.113 e. The highest BCUT2D eigenvalue weighted by Gasteiger charge is 2.06. The van der Waals surface area contributed by atoms with Crippen molar-refractivity contribution in [3.05, 3.63) is 59.7 Å². The first kappa shape index (κ1) is 12.3. The van der Waals surface area contributed by atoms with Crippen LogP contribution in [-0.4, -0.2) is 21.0 Å². The van der Waals surface area contributed by atoms with E-state index in [1.165, 1.54) is 17.7 Å². The molecule has 0 fully saturated rings. The van der Waals surface area contributed by atoms with Crippen LogP contribution in [-0.2, 0) is 13.0 Å². The first-order chi connectivity index (χ1) is 9.74. The smallest absolute Gasteiger partial charge is 0.113 e. The average Bonchev–Trinajstić information content (AvgIpc) is 2.88. The second-order valence-corrected chi connectivity index (χ2v) is 4.54. The molecule has 3 aromatic rings. The molecule has 0 spiro atoms. The molecule has 0 atom stereocenters. The third-order valence-corrected chi connectivity index (χ3v) is 3.20. The van der Waals surface area contributed by atoms with E-state index in [9.17, 15) is 9.90 Å². The molecule has 3 rings (SSSR count). The van der Waals surface area contributed by atoms with Crippen LogP contribution in [0.3, 0.4) is 0 Å². The van der Waals surface area contributed by atoms with Gasteiger partial charge in [-0.3, -0.25) is 0 Å². The van der Waals surface area contributed by atoms with E-state index in [1.54, 1.807) is 10.7 Å². The molecule has 0 aliphatic carbocycles. The van der Waals surface area contributed by atoms with Crippen LogP contribution in [0.5, 0.6) is 0 Å². The number of aromatic carboxylic acids is 1. The van der Waals surface area contributed by atoms with Crippen molar-refractivity contribution >= 4 is 17.0 Å². The molecule has 20 heavy (non-hydrogen) atoms. The molecule has 0 saturated carbocycles. The van der Waals surface area contributed by atoms with Gasteiger partial charge in [0.25, 0.3) is 0 Å². The number of carboxylic acids is 1. The summed E-state index contributed by atoms with van der Waals surface area (Å²) >= 11 is 0. The number of aromatic nitrogens is 3. The Hall–Kier alpha value is -2.69. The lowest BCUT2D eigenvalue weighted by molar-refractivity contribution is -0.255. The van der Waals surface area contributed by atoms with E-state index in [-0.39, 0.29) is 5.56 Å². The zero-order valence-corrected chi connectivity index (χ0v) is 10.7. The molecule has 100 valence electrons. The van der Waals surface area contributed by atoms with Gasteiger partial charge in [-0.05, 0) is 29.7 Å². The summed E-state index contributed by atoms with van der Waals surface area (Å²) in [6.07, 6.45) is 0.849. The van der Waals surface area contributed by atoms with Gasteiger partial charge in [0, 0.05) is 6.54 Å². The number of aryl methyl sites for hydroxylation is 2. The highest BCUT2D eigenvalue weighted by molar-refractivity contribution is 5.90. The standard InChI is InChI=1S/C15H13N3O2/c19-15(20)12-6-7-14-13(10-12)16-17-18(14)9-8-11-4-2-1-3-5-11/h1-7,10H,8-9H2,(H,19,20)/p-1. The fraction of sp³-hybridized carbons (Fsp3) is 0.133. The van der Waals surface area contributed by atoms with Crippen molar-refractivity contribution in [1.29, 1.82) is 0 Å². The SMILES string of the molecule is O=C([O-])c1ccc2c(c1)nnn2CCc1ccccc1. The summed E-state index contributed by atoms with van der Waals surface area (Å²) in [6, 6.07) is 14.8. The molecule has 1 aromatic heterocycles. The number of carbonyl (C=O) groups excluding carboxylic acids is 1. The van der Waals surface area contributed by atoms with Gasteiger partial charge in [0.05, 0.1) is 11.5 Å². The van der Waals surface area contributed by atoms with Gasteiger partial charge in [0.2, 0.25) is 0 Å². The first-order valence-electron chi connectivity index (χ1n) is 6.32. The summed E-state index contributed by atoms with van der Waals surface area (Å²) in [5.41, 5.74) is 2.74. The molecule has 0 unspecified atom stereocenters. The quantitative estimate of drug-likeness (QED) is 0.707. The van der Waals surface area contributed by atoms with E-state index < -0.39 is 5.97 Å². The van der Waals surface area contributed by atoms with Gasteiger partial charge in [-0.2, -0.15) is 0 Å². The number of benzene rings is 2. The third kappa shape index (κ3) is 2.38. The molecule has 0 N–H and O–H groups in total. The number of hydrogen-bond acceptors (Lipinski definition) is 4. The number of rotatable bonds is 4. The average molecular weight is 266 g/mol. The van der Waals surface area contributed by atoms with Crippen molar-refractivity contribution in [3.8, 4) is 0 Å². The molecule has 1 heterocycles. The molecule has 2 aromatic carbocycles. The minimum Gasteiger partial charge on any atom is -0.545 e. The minimum absolute atomic E-state index is 0.118. The van der Waals surface area contributed by atoms with Gasteiger partial charge in [-0.25, -0.2) is 4.68 Å². The summed E-state index contributed by atoms with van der Waals surface area (Å²) < 4.78 is 1.78. The molecule has 0 aliphatic heterocycles. The lowest BCUT2D eigenvalue weighted by atomic mass is 10.1. The highest BCUT2D eigenvalue weighted by Crippen LogP contribution is 2.14. The molecule has 0 aliphatic rings. The van der Waals surface area contributed by atoms with Gasteiger partial charge in [0.1, 0.15) is 5.52 Å². The fourth-order valence-corrected chi connectivity index (χ4v) is 2.14. The third-order valence-electron chi connectivity index (χ3n) is 3.20. The van der Waals surface area contributed by atoms with E-state index in [1.807, 2.05) is 18.2 Å². The molecule has 0 bridgehead atoms. The molecule has 0 saturated heterocycles. The Kier molecular flexibility index (Phi) is 3.16. The van der Waals surface area contributed by atoms with E-state index >= 15 is 0 Å². The maximum atomic E-state index is 10.8. The van der Waals surface area contributed by atoms with Crippen LogP contribution >= 0.6 is 0 Å². The van der Waals surface area contributed by atoms with Crippen molar-refractivity contribution in [1.82, 2.24) is 15.0 Å². The first-order valence-corrected chi connectivity index (χ1v) is 6.32. The summed E-state index contributed by atoms with van der Waals surface area (Å²) in [5.74, 6) is -1.20. The minimum atomic E-state index is -1.20. The van der Waals surface area contributed by atoms with Crippen LogP contribution in [0.25, 0.3) is 11.0 Å². The summed E-state index contributed by atoms with van der Waals surface area (Å²) in [5, 5.41) is 18.9. The van der Waals surface area contributed by atoms with Gasteiger partial charge < -0.3 is 9.90 Å². The number of fused-ring (bicyclic) bond motifs is 1. The Morgan fingerprint density at radius 1 is 1.15 bits per heavy atom. The molecule has 0 amide bonds. The normalized spacial score (nSPS) is 10.8. The van der Waals surface area contributed by atoms with E-state index in [0.29, 0.717) is 12.1 Å². The molecular weight excluding hydrogens is 254 g/mol. The van der Waals surface area contributed by atoms with Crippen molar-refractivity contribution in [2.24, 2.45) is 0 Å². The van der Waals surface area contributed by atoms with Gasteiger partial charge in [-0.1, -0.05) is 41.6 Å². The van der Waals surface area contributed by atoms with E-state index in [4.69, 9.17) is 0 Å². The van der Waals surface area contributed by atoms with Gasteiger partial charge in [0.15, 0.2) is 0 Å². The molecular formula is C15H12N3O2-. The molecule has 0 radical (unpaired) electrons. The molecule has 5 nitrogen and oxygen atoms in total.